The van der Waals surface area contributed by atoms with Crippen molar-refractivity contribution >= 4 is 5.97 Å². The molecule has 1 atom stereocenters. The zero-order chi connectivity index (χ0) is 11.1. The molecule has 1 aliphatic heterocycles. The van der Waals surface area contributed by atoms with Crippen molar-refractivity contribution < 1.29 is 19.4 Å². The number of aliphatic hydroxyl groups is 1. The number of hydrogen-bond acceptors (Lipinski definition) is 4. The van der Waals surface area contributed by atoms with E-state index in [9.17, 15) is 9.90 Å². The minimum Gasteiger partial charge on any atom is -0.466 e. The van der Waals surface area contributed by atoms with Gasteiger partial charge in [0.05, 0.1) is 12.7 Å². The van der Waals surface area contributed by atoms with E-state index in [-0.39, 0.29) is 11.9 Å². The highest BCUT2D eigenvalue weighted by Gasteiger charge is 2.22. The van der Waals surface area contributed by atoms with Crippen LogP contribution in [0, 0.1) is 5.92 Å². The standard InChI is InChI=1S/C11H20O4/c1-2-15-11(13)4-3-10(12)9-5-7-14-8-6-9/h9-10,12H,2-8H2,1H3. The van der Waals surface area contributed by atoms with Crippen LogP contribution < -0.4 is 0 Å². The first kappa shape index (κ1) is 12.5. The van der Waals surface area contributed by atoms with Crippen molar-refractivity contribution in [2.75, 3.05) is 19.8 Å². The molecule has 1 aliphatic rings. The maximum atomic E-state index is 11.1. The van der Waals surface area contributed by atoms with E-state index >= 15 is 0 Å². The minimum atomic E-state index is -0.390. The molecule has 0 aromatic carbocycles. The van der Waals surface area contributed by atoms with Crippen LogP contribution in [0.3, 0.4) is 0 Å². The number of hydrogen-bond donors (Lipinski definition) is 1. The first-order valence-corrected chi connectivity index (χ1v) is 5.65. The Hall–Kier alpha value is -0.610. The molecule has 1 saturated heterocycles. The van der Waals surface area contributed by atoms with E-state index in [2.05, 4.69) is 0 Å². The Labute approximate surface area is 90.6 Å². The largest absolute Gasteiger partial charge is 0.466 e. The normalized spacial score (nSPS) is 19.9. The lowest BCUT2D eigenvalue weighted by Crippen LogP contribution is -2.27. The minimum absolute atomic E-state index is 0.219. The smallest absolute Gasteiger partial charge is 0.305 e. The number of ether oxygens (including phenoxy) is 2. The van der Waals surface area contributed by atoms with E-state index in [4.69, 9.17) is 9.47 Å². The third-order valence-electron chi connectivity index (χ3n) is 2.76. The predicted molar refractivity (Wildman–Crippen MR) is 55.4 cm³/mol. The predicted octanol–water partition coefficient (Wildman–Crippen LogP) is 1.12. The fraction of sp³-hybridized carbons (Fsp3) is 0.909. The van der Waals surface area contributed by atoms with Gasteiger partial charge in [-0.1, -0.05) is 0 Å². The molecule has 0 bridgehead atoms. The number of esters is 1. The first-order chi connectivity index (χ1) is 7.24. The molecule has 0 aliphatic carbocycles. The molecule has 1 heterocycles. The summed E-state index contributed by atoms with van der Waals surface area (Å²) in [5.41, 5.74) is 0. The van der Waals surface area contributed by atoms with Gasteiger partial charge in [-0.3, -0.25) is 4.79 Å². The summed E-state index contributed by atoms with van der Waals surface area (Å²) >= 11 is 0. The van der Waals surface area contributed by atoms with E-state index in [1.165, 1.54) is 0 Å². The van der Waals surface area contributed by atoms with Crippen molar-refractivity contribution in [3.8, 4) is 0 Å². The Morgan fingerprint density at radius 2 is 2.20 bits per heavy atom. The molecule has 1 rings (SSSR count). The topological polar surface area (TPSA) is 55.8 Å². The second kappa shape index (κ2) is 6.80. The molecule has 0 saturated carbocycles. The summed E-state index contributed by atoms with van der Waals surface area (Å²) in [6.45, 7) is 3.64. The number of carbonyl (C=O) groups is 1. The van der Waals surface area contributed by atoms with Crippen molar-refractivity contribution in [3.05, 3.63) is 0 Å². The van der Waals surface area contributed by atoms with E-state index < -0.39 is 6.10 Å². The van der Waals surface area contributed by atoms with E-state index in [0.29, 0.717) is 19.4 Å². The molecule has 4 heteroatoms. The van der Waals surface area contributed by atoms with Gasteiger partial charge in [0.15, 0.2) is 0 Å². The highest BCUT2D eigenvalue weighted by atomic mass is 16.5. The summed E-state index contributed by atoms with van der Waals surface area (Å²) in [5.74, 6) is 0.0665. The first-order valence-electron chi connectivity index (χ1n) is 5.65. The molecule has 1 N–H and O–H groups in total. The van der Waals surface area contributed by atoms with E-state index in [1.54, 1.807) is 6.92 Å². The molecule has 15 heavy (non-hydrogen) atoms. The van der Waals surface area contributed by atoms with Crippen LogP contribution in [-0.4, -0.2) is 37.0 Å². The lowest BCUT2D eigenvalue weighted by Gasteiger charge is -2.26. The van der Waals surface area contributed by atoms with Gasteiger partial charge < -0.3 is 14.6 Å². The monoisotopic (exact) mass is 216 g/mol. The highest BCUT2D eigenvalue weighted by Crippen LogP contribution is 2.21. The van der Waals surface area contributed by atoms with E-state index in [1.807, 2.05) is 0 Å². The number of aliphatic hydroxyl groups excluding tert-OH is 1. The maximum absolute atomic E-state index is 11.1. The van der Waals surface area contributed by atoms with Crippen molar-refractivity contribution in [1.82, 2.24) is 0 Å². The molecule has 0 aromatic heterocycles. The van der Waals surface area contributed by atoms with Crippen LogP contribution in [0.5, 0.6) is 0 Å². The van der Waals surface area contributed by atoms with Gasteiger partial charge in [-0.25, -0.2) is 0 Å². The van der Waals surface area contributed by atoms with Gasteiger partial charge in [-0.15, -0.1) is 0 Å². The van der Waals surface area contributed by atoms with Crippen LogP contribution in [-0.2, 0) is 14.3 Å². The molecule has 88 valence electrons. The Balaban J connectivity index is 2.16. The van der Waals surface area contributed by atoms with Gasteiger partial charge in [-0.05, 0) is 32.1 Å². The molecule has 4 nitrogen and oxygen atoms in total. The van der Waals surface area contributed by atoms with Crippen LogP contribution in [0.15, 0.2) is 0 Å². The lowest BCUT2D eigenvalue weighted by molar-refractivity contribution is -0.144. The van der Waals surface area contributed by atoms with Crippen molar-refractivity contribution in [2.45, 2.75) is 38.7 Å². The molecule has 1 fully saturated rings. The van der Waals surface area contributed by atoms with Gasteiger partial charge in [0, 0.05) is 19.6 Å². The Morgan fingerprint density at radius 1 is 1.53 bits per heavy atom. The van der Waals surface area contributed by atoms with E-state index in [0.717, 1.165) is 26.1 Å². The SMILES string of the molecule is CCOC(=O)CCC(O)C1CCOCC1. The average molecular weight is 216 g/mol. The molecular weight excluding hydrogens is 196 g/mol. The van der Waals surface area contributed by atoms with Gasteiger partial charge in [-0.2, -0.15) is 0 Å². The number of rotatable bonds is 5. The van der Waals surface area contributed by atoms with Gasteiger partial charge in [0.2, 0.25) is 0 Å². The van der Waals surface area contributed by atoms with Crippen molar-refractivity contribution in [3.63, 3.8) is 0 Å². The molecular formula is C11H20O4. The highest BCUT2D eigenvalue weighted by molar-refractivity contribution is 5.69. The Morgan fingerprint density at radius 3 is 2.80 bits per heavy atom. The lowest BCUT2D eigenvalue weighted by atomic mass is 9.91. The molecule has 0 amide bonds. The van der Waals surface area contributed by atoms with Gasteiger partial charge in [0.1, 0.15) is 0 Å². The quantitative estimate of drug-likeness (QED) is 0.700. The molecule has 1 unspecified atom stereocenters. The fourth-order valence-corrected chi connectivity index (χ4v) is 1.84. The fourth-order valence-electron chi connectivity index (χ4n) is 1.84. The van der Waals surface area contributed by atoms with Crippen molar-refractivity contribution in [1.29, 1.82) is 0 Å². The average Bonchev–Trinajstić information content (AvgIpc) is 2.27. The van der Waals surface area contributed by atoms with Crippen molar-refractivity contribution in [2.24, 2.45) is 5.92 Å². The Kier molecular flexibility index (Phi) is 5.65. The second-order valence-electron chi connectivity index (χ2n) is 3.86. The van der Waals surface area contributed by atoms with Crippen LogP contribution >= 0.6 is 0 Å². The summed E-state index contributed by atoms with van der Waals surface area (Å²) in [6, 6.07) is 0. The Bertz CT molecular complexity index is 187. The summed E-state index contributed by atoms with van der Waals surface area (Å²) in [6.07, 6.45) is 2.21. The van der Waals surface area contributed by atoms with Crippen LogP contribution in [0.4, 0.5) is 0 Å². The van der Waals surface area contributed by atoms with Crippen LogP contribution in [0.2, 0.25) is 0 Å². The molecule has 0 radical (unpaired) electrons. The second-order valence-corrected chi connectivity index (χ2v) is 3.86. The maximum Gasteiger partial charge on any atom is 0.305 e. The third-order valence-corrected chi connectivity index (χ3v) is 2.76. The summed E-state index contributed by atoms with van der Waals surface area (Å²) in [7, 11) is 0. The zero-order valence-corrected chi connectivity index (χ0v) is 9.28. The zero-order valence-electron chi connectivity index (χ0n) is 9.28. The third kappa shape index (κ3) is 4.62. The summed E-state index contributed by atoms with van der Waals surface area (Å²) in [4.78, 5) is 11.1. The molecule has 0 aromatic rings. The van der Waals surface area contributed by atoms with Gasteiger partial charge in [0.25, 0.3) is 0 Å². The van der Waals surface area contributed by atoms with Crippen LogP contribution in [0.1, 0.15) is 32.6 Å². The van der Waals surface area contributed by atoms with Crippen LogP contribution in [0.25, 0.3) is 0 Å². The molecule has 0 spiro atoms. The summed E-state index contributed by atoms with van der Waals surface area (Å²) in [5, 5.41) is 9.83. The summed E-state index contributed by atoms with van der Waals surface area (Å²) < 4.78 is 10.0. The van der Waals surface area contributed by atoms with Gasteiger partial charge >= 0.3 is 5.97 Å². The number of carbonyl (C=O) groups excluding carboxylic acids is 1.